The van der Waals surface area contributed by atoms with E-state index in [1.165, 1.54) is 37.4 Å². The fourth-order valence-electron chi connectivity index (χ4n) is 1.57. The summed E-state index contributed by atoms with van der Waals surface area (Å²) >= 11 is 1.07. The third-order valence-corrected chi connectivity index (χ3v) is 5.69. The summed E-state index contributed by atoms with van der Waals surface area (Å²) in [4.78, 5) is 12.4. The summed E-state index contributed by atoms with van der Waals surface area (Å²) in [6.07, 6.45) is 0. The number of benzene rings is 1. The first kappa shape index (κ1) is 16.4. The maximum Gasteiger partial charge on any atom is 0.319 e. The van der Waals surface area contributed by atoms with Crippen molar-refractivity contribution in [3.63, 3.8) is 0 Å². The first-order valence-corrected chi connectivity index (χ1v) is 8.53. The minimum Gasteiger partial charge on any atom is -0.333 e. The number of hydrogen-bond acceptors (Lipinski definition) is 4. The van der Waals surface area contributed by atoms with Crippen LogP contribution in [-0.2, 0) is 16.6 Å². The first-order valence-electron chi connectivity index (χ1n) is 6.23. The molecule has 0 spiro atoms. The number of nitrogens with one attached hydrogen (secondary N) is 3. The van der Waals surface area contributed by atoms with Gasteiger partial charge in [-0.15, -0.1) is 11.3 Å². The number of anilines is 1. The van der Waals surface area contributed by atoms with E-state index in [4.69, 9.17) is 0 Å². The highest BCUT2D eigenvalue weighted by atomic mass is 32.2. The SMILES string of the molecule is CNS(=O)(=O)c1ccc(CNC(=O)Nc2ccc(F)cc2)s1. The second kappa shape index (κ2) is 6.86. The monoisotopic (exact) mass is 343 g/mol. The van der Waals surface area contributed by atoms with Crippen molar-refractivity contribution in [3.05, 3.63) is 47.1 Å². The highest BCUT2D eigenvalue weighted by Gasteiger charge is 2.14. The van der Waals surface area contributed by atoms with Gasteiger partial charge in [0.05, 0.1) is 6.54 Å². The molecule has 0 radical (unpaired) electrons. The van der Waals surface area contributed by atoms with Crippen molar-refractivity contribution < 1.29 is 17.6 Å². The molecule has 0 saturated carbocycles. The minimum atomic E-state index is -3.46. The van der Waals surface area contributed by atoms with E-state index in [9.17, 15) is 17.6 Å². The molecule has 118 valence electrons. The Kier molecular flexibility index (Phi) is 5.11. The van der Waals surface area contributed by atoms with Gasteiger partial charge in [-0.3, -0.25) is 0 Å². The zero-order valence-electron chi connectivity index (χ0n) is 11.6. The average Bonchev–Trinajstić information content (AvgIpc) is 2.97. The highest BCUT2D eigenvalue weighted by molar-refractivity contribution is 7.91. The number of carbonyl (C=O) groups excluding carboxylic acids is 1. The lowest BCUT2D eigenvalue weighted by molar-refractivity contribution is 0.252. The van der Waals surface area contributed by atoms with E-state index in [1.54, 1.807) is 6.07 Å². The van der Waals surface area contributed by atoms with Crippen LogP contribution >= 0.6 is 11.3 Å². The van der Waals surface area contributed by atoms with Crippen LogP contribution in [0.4, 0.5) is 14.9 Å². The van der Waals surface area contributed by atoms with Gasteiger partial charge in [-0.2, -0.15) is 0 Å². The Morgan fingerprint density at radius 3 is 2.50 bits per heavy atom. The molecular formula is C13H14FN3O3S2. The summed E-state index contributed by atoms with van der Waals surface area (Å²) in [6, 6.07) is 8.01. The van der Waals surface area contributed by atoms with Gasteiger partial charge >= 0.3 is 6.03 Å². The van der Waals surface area contributed by atoms with E-state index in [0.29, 0.717) is 10.6 Å². The minimum absolute atomic E-state index is 0.186. The maximum atomic E-state index is 12.7. The number of rotatable bonds is 5. The molecule has 1 aromatic carbocycles. The van der Waals surface area contributed by atoms with Gasteiger partial charge in [0, 0.05) is 10.6 Å². The molecule has 2 aromatic rings. The summed E-state index contributed by atoms with van der Waals surface area (Å²) in [5.74, 6) is -0.386. The molecule has 0 saturated heterocycles. The van der Waals surface area contributed by atoms with Gasteiger partial charge in [-0.05, 0) is 43.4 Å². The predicted octanol–water partition coefficient (Wildman–Crippen LogP) is 2.12. The lowest BCUT2D eigenvalue weighted by Crippen LogP contribution is -2.27. The summed E-state index contributed by atoms with van der Waals surface area (Å²) in [5.41, 5.74) is 0.462. The summed E-state index contributed by atoms with van der Waals surface area (Å²) < 4.78 is 38.3. The van der Waals surface area contributed by atoms with E-state index in [0.717, 1.165) is 11.3 Å². The second-order valence-corrected chi connectivity index (χ2v) is 7.52. The molecule has 0 aliphatic carbocycles. The highest BCUT2D eigenvalue weighted by Crippen LogP contribution is 2.21. The Morgan fingerprint density at radius 2 is 1.86 bits per heavy atom. The molecule has 0 atom stereocenters. The molecule has 1 aromatic heterocycles. The van der Waals surface area contributed by atoms with Crippen molar-refractivity contribution in [2.24, 2.45) is 0 Å². The van der Waals surface area contributed by atoms with Crippen molar-refractivity contribution >= 4 is 33.1 Å². The number of thiophene rings is 1. The Balaban J connectivity index is 1.90. The van der Waals surface area contributed by atoms with E-state index < -0.39 is 16.1 Å². The normalized spacial score (nSPS) is 11.2. The number of amides is 2. The van der Waals surface area contributed by atoms with Crippen LogP contribution in [-0.4, -0.2) is 21.5 Å². The Hall–Kier alpha value is -1.97. The van der Waals surface area contributed by atoms with Gasteiger partial charge in [0.2, 0.25) is 10.0 Å². The van der Waals surface area contributed by atoms with Crippen LogP contribution in [0.3, 0.4) is 0 Å². The van der Waals surface area contributed by atoms with E-state index in [-0.39, 0.29) is 16.6 Å². The van der Waals surface area contributed by atoms with Gasteiger partial charge in [0.15, 0.2) is 0 Å². The molecule has 2 amide bonds. The standard InChI is InChI=1S/C13H14FN3O3S2/c1-15-22(19,20)12-7-6-11(21-12)8-16-13(18)17-10-4-2-9(14)3-5-10/h2-7,15H,8H2,1H3,(H2,16,17,18). The van der Waals surface area contributed by atoms with Gasteiger partial charge < -0.3 is 10.6 Å². The molecule has 0 unspecified atom stereocenters. The molecule has 0 fully saturated rings. The molecular weight excluding hydrogens is 329 g/mol. The summed E-state index contributed by atoms with van der Waals surface area (Å²) in [5, 5.41) is 5.14. The summed E-state index contributed by atoms with van der Waals surface area (Å²) in [6.45, 7) is 0.191. The van der Waals surface area contributed by atoms with Crippen LogP contribution in [0.25, 0.3) is 0 Å². The number of halogens is 1. The zero-order valence-corrected chi connectivity index (χ0v) is 13.2. The van der Waals surface area contributed by atoms with Crippen LogP contribution in [0, 0.1) is 5.82 Å². The molecule has 0 aliphatic rings. The van der Waals surface area contributed by atoms with Gasteiger partial charge in [0.25, 0.3) is 0 Å². The third kappa shape index (κ3) is 4.26. The Labute approximate surface area is 131 Å². The van der Waals surface area contributed by atoms with Crippen molar-refractivity contribution in [1.82, 2.24) is 10.0 Å². The quantitative estimate of drug-likeness (QED) is 0.777. The van der Waals surface area contributed by atoms with Crippen LogP contribution < -0.4 is 15.4 Å². The van der Waals surface area contributed by atoms with Crippen LogP contribution in [0.15, 0.2) is 40.6 Å². The van der Waals surface area contributed by atoms with E-state index >= 15 is 0 Å². The van der Waals surface area contributed by atoms with Gasteiger partial charge in [-0.1, -0.05) is 0 Å². The number of hydrogen-bond donors (Lipinski definition) is 3. The lowest BCUT2D eigenvalue weighted by atomic mass is 10.3. The average molecular weight is 343 g/mol. The number of carbonyl (C=O) groups is 1. The van der Waals surface area contributed by atoms with Crippen LogP contribution in [0.2, 0.25) is 0 Å². The smallest absolute Gasteiger partial charge is 0.319 e. The van der Waals surface area contributed by atoms with Crippen molar-refractivity contribution in [2.45, 2.75) is 10.8 Å². The molecule has 0 aliphatic heterocycles. The number of urea groups is 1. The topological polar surface area (TPSA) is 87.3 Å². The molecule has 2 rings (SSSR count). The molecule has 0 bridgehead atoms. The maximum absolute atomic E-state index is 12.7. The fraction of sp³-hybridized carbons (Fsp3) is 0.154. The molecule has 1 heterocycles. The van der Waals surface area contributed by atoms with Crippen LogP contribution in [0.1, 0.15) is 4.88 Å². The lowest BCUT2D eigenvalue weighted by Gasteiger charge is -2.06. The predicted molar refractivity (Wildman–Crippen MR) is 82.8 cm³/mol. The Morgan fingerprint density at radius 1 is 1.18 bits per heavy atom. The van der Waals surface area contributed by atoms with Crippen molar-refractivity contribution in [2.75, 3.05) is 12.4 Å². The molecule has 3 N–H and O–H groups in total. The van der Waals surface area contributed by atoms with Crippen molar-refractivity contribution in [1.29, 1.82) is 0 Å². The van der Waals surface area contributed by atoms with Gasteiger partial charge in [-0.25, -0.2) is 22.3 Å². The summed E-state index contributed by atoms with van der Waals surface area (Å²) in [7, 11) is -2.13. The van der Waals surface area contributed by atoms with Crippen molar-refractivity contribution in [3.8, 4) is 0 Å². The third-order valence-electron chi connectivity index (χ3n) is 2.70. The van der Waals surface area contributed by atoms with Gasteiger partial charge in [0.1, 0.15) is 10.0 Å². The molecule has 22 heavy (non-hydrogen) atoms. The molecule has 9 heteroatoms. The first-order chi connectivity index (χ1) is 10.4. The van der Waals surface area contributed by atoms with Crippen LogP contribution in [0.5, 0.6) is 0 Å². The molecule has 6 nitrogen and oxygen atoms in total. The number of sulfonamides is 1. The fourth-order valence-corrected chi connectivity index (χ4v) is 3.71. The second-order valence-electron chi connectivity index (χ2n) is 4.24. The van der Waals surface area contributed by atoms with E-state index in [2.05, 4.69) is 15.4 Å². The Bertz CT molecular complexity index is 757. The zero-order chi connectivity index (χ0) is 16.2. The largest absolute Gasteiger partial charge is 0.333 e. The van der Waals surface area contributed by atoms with E-state index in [1.807, 2.05) is 0 Å².